The fraction of sp³-hybridized carbons (Fsp3) is 0.786. The molecule has 0 bridgehead atoms. The van der Waals surface area contributed by atoms with Gasteiger partial charge in [-0.05, 0) is 26.2 Å². The van der Waals surface area contributed by atoms with E-state index in [1.807, 2.05) is 18.7 Å². The predicted molar refractivity (Wildman–Crippen MR) is 76.3 cm³/mol. The Hall–Kier alpha value is -1.59. The summed E-state index contributed by atoms with van der Waals surface area (Å²) in [6, 6.07) is -0.894. The zero-order valence-electron chi connectivity index (χ0n) is 12.6. The maximum absolute atomic E-state index is 11.9. The fourth-order valence-corrected chi connectivity index (χ4v) is 1.83. The maximum Gasteiger partial charge on any atom is 0.325 e. The van der Waals surface area contributed by atoms with Crippen LogP contribution in [-0.4, -0.2) is 46.9 Å². The molecule has 0 saturated heterocycles. The lowest BCUT2D eigenvalue weighted by atomic mass is 10.2. The van der Waals surface area contributed by atoms with Crippen LogP contribution in [0.15, 0.2) is 0 Å². The van der Waals surface area contributed by atoms with Crippen LogP contribution in [0, 0.1) is 0 Å². The first-order valence-corrected chi connectivity index (χ1v) is 7.22. The number of carbonyl (C=O) groups excluding carboxylic acids is 2. The zero-order chi connectivity index (χ0) is 15.5. The van der Waals surface area contributed by atoms with Gasteiger partial charge in [-0.2, -0.15) is 0 Å². The number of hydrogen-bond donors (Lipinski definition) is 2. The summed E-state index contributed by atoms with van der Waals surface area (Å²) in [5.41, 5.74) is 0. The van der Waals surface area contributed by atoms with Crippen molar-refractivity contribution in [2.75, 3.05) is 13.1 Å². The Kier molecular flexibility index (Phi) is 9.41. The number of nitrogens with one attached hydrogen (secondary N) is 1. The number of carbonyl (C=O) groups is 3. The van der Waals surface area contributed by atoms with Gasteiger partial charge in [0.15, 0.2) is 0 Å². The van der Waals surface area contributed by atoms with Crippen molar-refractivity contribution in [3.05, 3.63) is 0 Å². The summed E-state index contributed by atoms with van der Waals surface area (Å²) in [6.45, 7) is 6.95. The van der Waals surface area contributed by atoms with Crippen molar-refractivity contribution in [3.63, 3.8) is 0 Å². The molecule has 2 N–H and O–H groups in total. The van der Waals surface area contributed by atoms with Crippen LogP contribution in [-0.2, 0) is 14.4 Å². The van der Waals surface area contributed by atoms with Gasteiger partial charge in [-0.3, -0.25) is 14.4 Å². The van der Waals surface area contributed by atoms with Gasteiger partial charge < -0.3 is 15.3 Å². The first kappa shape index (κ1) is 18.4. The molecule has 0 aromatic carbocycles. The van der Waals surface area contributed by atoms with Gasteiger partial charge in [-0.15, -0.1) is 0 Å². The van der Waals surface area contributed by atoms with E-state index in [-0.39, 0.29) is 18.2 Å². The molecule has 6 nitrogen and oxygen atoms in total. The lowest BCUT2D eigenvalue weighted by Crippen LogP contribution is -2.38. The Morgan fingerprint density at radius 2 is 1.65 bits per heavy atom. The van der Waals surface area contributed by atoms with Crippen molar-refractivity contribution in [2.24, 2.45) is 0 Å². The predicted octanol–water partition coefficient (Wildman–Crippen LogP) is 1.39. The second kappa shape index (κ2) is 10.2. The van der Waals surface area contributed by atoms with E-state index in [0.717, 1.165) is 25.9 Å². The van der Waals surface area contributed by atoms with Crippen LogP contribution in [0.1, 0.15) is 52.9 Å². The molecule has 6 heteroatoms. The molecule has 0 rings (SSSR count). The second-order valence-corrected chi connectivity index (χ2v) is 4.86. The van der Waals surface area contributed by atoms with Crippen LogP contribution in [0.3, 0.4) is 0 Å². The highest BCUT2D eigenvalue weighted by molar-refractivity contribution is 5.83. The van der Waals surface area contributed by atoms with E-state index in [1.54, 1.807) is 0 Å². The Morgan fingerprint density at radius 3 is 2.10 bits per heavy atom. The number of amides is 2. The zero-order valence-corrected chi connectivity index (χ0v) is 12.6. The largest absolute Gasteiger partial charge is 0.480 e. The van der Waals surface area contributed by atoms with Crippen LogP contribution < -0.4 is 5.32 Å². The summed E-state index contributed by atoms with van der Waals surface area (Å²) in [7, 11) is 0. The molecule has 0 spiro atoms. The van der Waals surface area contributed by atoms with Gasteiger partial charge in [-0.25, -0.2) is 0 Å². The van der Waals surface area contributed by atoms with E-state index < -0.39 is 12.0 Å². The monoisotopic (exact) mass is 286 g/mol. The molecule has 0 aromatic rings. The number of nitrogens with zero attached hydrogens (tertiary/aromatic N) is 1. The molecule has 0 fully saturated rings. The summed E-state index contributed by atoms with van der Waals surface area (Å²) in [6.07, 6.45) is 2.79. The van der Waals surface area contributed by atoms with E-state index in [9.17, 15) is 14.4 Å². The van der Waals surface area contributed by atoms with E-state index in [1.165, 1.54) is 6.92 Å². The van der Waals surface area contributed by atoms with Crippen molar-refractivity contribution in [2.45, 2.75) is 58.9 Å². The minimum Gasteiger partial charge on any atom is -0.480 e. The minimum atomic E-state index is -1.06. The molecular formula is C14H26N2O4. The average molecular weight is 286 g/mol. The van der Waals surface area contributed by atoms with Crippen LogP contribution in [0.4, 0.5) is 0 Å². The van der Waals surface area contributed by atoms with Crippen LogP contribution in [0.2, 0.25) is 0 Å². The van der Waals surface area contributed by atoms with Gasteiger partial charge in [0.2, 0.25) is 11.8 Å². The second-order valence-electron chi connectivity index (χ2n) is 4.86. The quantitative estimate of drug-likeness (QED) is 0.635. The molecule has 2 amide bonds. The third-order valence-electron chi connectivity index (χ3n) is 2.88. The van der Waals surface area contributed by atoms with E-state index in [4.69, 9.17) is 5.11 Å². The average Bonchev–Trinajstić information content (AvgIpc) is 2.38. The number of hydrogen-bond acceptors (Lipinski definition) is 3. The number of carboxylic acid groups (broad SMARTS) is 1. The Bertz CT molecular complexity index is 325. The molecule has 1 atom stereocenters. The Morgan fingerprint density at radius 1 is 1.10 bits per heavy atom. The summed E-state index contributed by atoms with van der Waals surface area (Å²) in [4.78, 5) is 35.8. The molecule has 116 valence electrons. The van der Waals surface area contributed by atoms with E-state index >= 15 is 0 Å². The van der Waals surface area contributed by atoms with Gasteiger partial charge in [0.05, 0.1) is 0 Å². The Labute approximate surface area is 120 Å². The van der Waals surface area contributed by atoms with Crippen LogP contribution in [0.25, 0.3) is 0 Å². The third-order valence-corrected chi connectivity index (χ3v) is 2.88. The maximum atomic E-state index is 11.9. The molecular weight excluding hydrogens is 260 g/mol. The fourth-order valence-electron chi connectivity index (χ4n) is 1.83. The van der Waals surface area contributed by atoms with Crippen molar-refractivity contribution in [1.82, 2.24) is 10.2 Å². The Balaban J connectivity index is 4.00. The number of rotatable bonds is 10. The van der Waals surface area contributed by atoms with Crippen molar-refractivity contribution in [3.8, 4) is 0 Å². The smallest absolute Gasteiger partial charge is 0.325 e. The van der Waals surface area contributed by atoms with E-state index in [0.29, 0.717) is 12.8 Å². The SMILES string of the molecule is CCCN(CCC)C(=O)CCCC(=O)NC(C)C(=O)O. The minimum absolute atomic E-state index is 0.0628. The molecule has 0 heterocycles. The molecule has 0 saturated carbocycles. The first-order chi connectivity index (χ1) is 9.42. The van der Waals surface area contributed by atoms with Gasteiger partial charge in [0.1, 0.15) is 6.04 Å². The lowest BCUT2D eigenvalue weighted by Gasteiger charge is -2.21. The number of carboxylic acids is 1. The number of aliphatic carboxylic acids is 1. The molecule has 0 aliphatic carbocycles. The van der Waals surface area contributed by atoms with Gasteiger partial charge in [0, 0.05) is 25.9 Å². The molecule has 0 aliphatic heterocycles. The molecule has 0 aliphatic rings. The lowest BCUT2D eigenvalue weighted by molar-refractivity contribution is -0.141. The summed E-state index contributed by atoms with van der Waals surface area (Å²) < 4.78 is 0. The van der Waals surface area contributed by atoms with Crippen molar-refractivity contribution < 1.29 is 19.5 Å². The highest BCUT2D eigenvalue weighted by Gasteiger charge is 2.15. The standard InChI is InChI=1S/C14H26N2O4/c1-4-9-16(10-5-2)13(18)8-6-7-12(17)15-11(3)14(19)20/h11H,4-10H2,1-3H3,(H,15,17)(H,19,20). The summed E-state index contributed by atoms with van der Waals surface area (Å²) >= 11 is 0. The van der Waals surface area contributed by atoms with Crippen molar-refractivity contribution in [1.29, 1.82) is 0 Å². The molecule has 0 aromatic heterocycles. The molecule has 0 radical (unpaired) electrons. The first-order valence-electron chi connectivity index (χ1n) is 7.22. The van der Waals surface area contributed by atoms with Gasteiger partial charge >= 0.3 is 5.97 Å². The van der Waals surface area contributed by atoms with E-state index in [2.05, 4.69) is 5.32 Å². The molecule has 20 heavy (non-hydrogen) atoms. The van der Waals surface area contributed by atoms with Crippen LogP contribution in [0.5, 0.6) is 0 Å². The topological polar surface area (TPSA) is 86.7 Å². The summed E-state index contributed by atoms with van der Waals surface area (Å²) in [5, 5.41) is 11.0. The summed E-state index contributed by atoms with van der Waals surface area (Å²) in [5.74, 6) is -1.33. The normalized spacial score (nSPS) is 11.8. The highest BCUT2D eigenvalue weighted by atomic mass is 16.4. The van der Waals surface area contributed by atoms with Gasteiger partial charge in [0.25, 0.3) is 0 Å². The third kappa shape index (κ3) is 7.76. The highest BCUT2D eigenvalue weighted by Crippen LogP contribution is 2.03. The van der Waals surface area contributed by atoms with Crippen molar-refractivity contribution >= 4 is 17.8 Å². The molecule has 1 unspecified atom stereocenters. The van der Waals surface area contributed by atoms with Gasteiger partial charge in [-0.1, -0.05) is 13.8 Å². The van der Waals surface area contributed by atoms with Crippen LogP contribution >= 0.6 is 0 Å².